The Morgan fingerprint density at radius 1 is 0.644 bits per heavy atom. The molecule has 1 fully saturated rings. The van der Waals surface area contributed by atoms with Crippen molar-refractivity contribution in [1.82, 2.24) is 31.5 Å². The SMILES string of the molecule is NC(=O)CC[C@H](NC(=O)[C@H](CC(N)=O)NC(=O)[C@H](CO)NC(=O)[C@H](CC(N)=O)NC(=O)[C@H](Cc1ccc(O)cc1)NC(=O)[C@@H](N)CC(N)=O)C(=O)N1CCC[C@H]1C(=O)O. The van der Waals surface area contributed by atoms with E-state index in [1.807, 2.05) is 0 Å². The lowest BCUT2D eigenvalue weighted by Gasteiger charge is -2.29. The number of hydrogen-bond donors (Lipinski definition) is 13. The molecule has 59 heavy (non-hydrogen) atoms. The number of amides is 10. The van der Waals surface area contributed by atoms with Gasteiger partial charge in [0.05, 0.1) is 31.9 Å². The van der Waals surface area contributed by atoms with E-state index in [1.54, 1.807) is 0 Å². The first-order valence-electron chi connectivity index (χ1n) is 18.0. The van der Waals surface area contributed by atoms with Crippen molar-refractivity contribution >= 4 is 65.0 Å². The molecule has 1 aromatic carbocycles. The predicted octanol–water partition coefficient (Wildman–Crippen LogP) is -7.35. The number of nitrogens with two attached hydrogens (primary N) is 5. The van der Waals surface area contributed by atoms with Crippen molar-refractivity contribution in [3.63, 3.8) is 0 Å². The molecule has 0 saturated carbocycles. The third-order valence-electron chi connectivity index (χ3n) is 8.77. The minimum Gasteiger partial charge on any atom is -0.508 e. The van der Waals surface area contributed by atoms with E-state index in [9.17, 15) is 68.1 Å². The molecule has 18 N–H and O–H groups in total. The summed E-state index contributed by atoms with van der Waals surface area (Å²) in [6, 6.07) is -6.18. The Kier molecular flexibility index (Phi) is 18.6. The number of carboxylic acids is 1. The molecule has 1 heterocycles. The number of phenols is 1. The summed E-state index contributed by atoms with van der Waals surface area (Å²) in [5.41, 5.74) is 27.0. The second-order valence-electron chi connectivity index (χ2n) is 13.5. The molecule has 1 aliphatic heterocycles. The number of aliphatic hydroxyl groups is 1. The number of rotatable bonds is 24. The Bertz CT molecular complexity index is 1780. The highest BCUT2D eigenvalue weighted by molar-refractivity contribution is 5.99. The molecule has 7 atom stereocenters. The van der Waals surface area contributed by atoms with Crippen molar-refractivity contribution in [2.75, 3.05) is 13.2 Å². The van der Waals surface area contributed by atoms with Crippen LogP contribution in [0.15, 0.2) is 24.3 Å². The van der Waals surface area contributed by atoms with Gasteiger partial charge >= 0.3 is 5.97 Å². The Morgan fingerprint density at radius 3 is 1.58 bits per heavy atom. The van der Waals surface area contributed by atoms with Gasteiger partial charge < -0.3 is 75.5 Å². The molecule has 0 aliphatic carbocycles. The Labute approximate surface area is 335 Å². The van der Waals surface area contributed by atoms with E-state index < -0.39 is 146 Å². The molecule has 10 amide bonds. The van der Waals surface area contributed by atoms with Crippen LogP contribution in [0.4, 0.5) is 0 Å². The van der Waals surface area contributed by atoms with E-state index in [1.165, 1.54) is 24.3 Å². The first-order chi connectivity index (χ1) is 27.6. The Balaban J connectivity index is 2.30. The van der Waals surface area contributed by atoms with E-state index in [2.05, 4.69) is 26.6 Å². The molecule has 1 aromatic rings. The number of aromatic hydroxyl groups is 1. The van der Waals surface area contributed by atoms with E-state index in [0.29, 0.717) is 12.0 Å². The maximum Gasteiger partial charge on any atom is 0.326 e. The van der Waals surface area contributed by atoms with Gasteiger partial charge in [-0.05, 0) is 37.0 Å². The number of carbonyl (C=O) groups is 11. The van der Waals surface area contributed by atoms with Crippen LogP contribution in [-0.2, 0) is 59.2 Å². The molecule has 25 heteroatoms. The lowest BCUT2D eigenvalue weighted by atomic mass is 10.0. The summed E-state index contributed by atoms with van der Waals surface area (Å²) in [4.78, 5) is 139. The molecule has 0 aromatic heterocycles. The van der Waals surface area contributed by atoms with Crippen LogP contribution in [0.3, 0.4) is 0 Å². The normalized spacial score (nSPS) is 16.4. The fourth-order valence-corrected chi connectivity index (χ4v) is 5.80. The van der Waals surface area contributed by atoms with Crippen LogP contribution in [0.5, 0.6) is 5.75 Å². The molecule has 0 bridgehead atoms. The van der Waals surface area contributed by atoms with Gasteiger partial charge in [0.2, 0.25) is 59.1 Å². The number of primary amides is 4. The third kappa shape index (κ3) is 15.9. The molecule has 2 rings (SSSR count). The molecule has 324 valence electrons. The van der Waals surface area contributed by atoms with Crippen molar-refractivity contribution in [3.8, 4) is 5.75 Å². The number of aliphatic carboxylic acids is 1. The Morgan fingerprint density at radius 2 is 1.10 bits per heavy atom. The summed E-state index contributed by atoms with van der Waals surface area (Å²) in [5, 5.41) is 40.2. The van der Waals surface area contributed by atoms with Crippen molar-refractivity contribution in [1.29, 1.82) is 0 Å². The minimum absolute atomic E-state index is 0.00804. The van der Waals surface area contributed by atoms with Crippen molar-refractivity contribution in [2.24, 2.45) is 28.7 Å². The smallest absolute Gasteiger partial charge is 0.326 e. The number of likely N-dealkylation sites (tertiary alicyclic amines) is 1. The highest BCUT2D eigenvalue weighted by Crippen LogP contribution is 2.20. The monoisotopic (exact) mass is 835 g/mol. The summed E-state index contributed by atoms with van der Waals surface area (Å²) in [6.07, 6.45) is -3.10. The molecule has 1 saturated heterocycles. The van der Waals surface area contributed by atoms with Crippen molar-refractivity contribution < 1.29 is 68.1 Å². The van der Waals surface area contributed by atoms with E-state index >= 15 is 0 Å². The second-order valence-corrected chi connectivity index (χ2v) is 13.5. The number of aliphatic hydroxyl groups excluding tert-OH is 1. The average Bonchev–Trinajstić information content (AvgIpc) is 3.65. The summed E-state index contributed by atoms with van der Waals surface area (Å²) < 4.78 is 0. The van der Waals surface area contributed by atoms with Crippen LogP contribution in [-0.4, -0.2) is 141 Å². The van der Waals surface area contributed by atoms with Crippen LogP contribution in [0.2, 0.25) is 0 Å². The Hall–Kier alpha value is -6.89. The molecule has 25 nitrogen and oxygen atoms in total. The van der Waals surface area contributed by atoms with Gasteiger partial charge in [-0.15, -0.1) is 0 Å². The fourth-order valence-electron chi connectivity index (χ4n) is 5.80. The molecular weight excluding hydrogens is 786 g/mol. The van der Waals surface area contributed by atoms with Gasteiger partial charge in [0, 0.05) is 19.4 Å². The van der Waals surface area contributed by atoms with Crippen LogP contribution in [0.25, 0.3) is 0 Å². The van der Waals surface area contributed by atoms with Gasteiger partial charge in [-0.2, -0.15) is 0 Å². The zero-order valence-electron chi connectivity index (χ0n) is 31.6. The van der Waals surface area contributed by atoms with Crippen molar-refractivity contribution in [2.45, 2.75) is 93.7 Å². The van der Waals surface area contributed by atoms with Gasteiger partial charge in [-0.3, -0.25) is 47.9 Å². The van der Waals surface area contributed by atoms with E-state index in [4.69, 9.17) is 28.7 Å². The standard InChI is InChI=1S/C34H49N11O14/c35-17(11-25(37)49)28(52)41-19(10-15-3-5-16(47)6-4-15)29(53)42-21(13-27(39)51)31(55)44-22(14-46)32(56)43-20(12-26(38)50)30(54)40-18(7-8-24(36)48)33(57)45-9-1-2-23(45)34(58)59/h3-6,17-23,46-47H,1-2,7-14,35H2,(H2,36,48)(H2,37,49)(H2,38,50)(H2,39,51)(H,40,54)(H,41,52)(H,42,53)(H,43,56)(H,44,55)(H,58,59)/t17-,18-,19-,20-,21-,22-,23-/m0/s1. The van der Waals surface area contributed by atoms with E-state index in [0.717, 1.165) is 4.90 Å². The second kappa shape index (κ2) is 22.7. The van der Waals surface area contributed by atoms with Crippen molar-refractivity contribution in [3.05, 3.63) is 29.8 Å². The number of benzene rings is 1. The maximum absolute atomic E-state index is 13.5. The van der Waals surface area contributed by atoms with Crippen LogP contribution in [0.1, 0.15) is 50.5 Å². The maximum atomic E-state index is 13.5. The number of carbonyl (C=O) groups excluding carboxylic acids is 10. The summed E-state index contributed by atoms with van der Waals surface area (Å²) >= 11 is 0. The van der Waals surface area contributed by atoms with Gasteiger partial charge in [0.25, 0.3) is 0 Å². The lowest BCUT2D eigenvalue weighted by Crippen LogP contribution is -2.61. The number of hydrogen-bond acceptors (Lipinski definition) is 14. The summed E-state index contributed by atoms with van der Waals surface area (Å²) in [7, 11) is 0. The quantitative estimate of drug-likeness (QED) is 0.0460. The highest BCUT2D eigenvalue weighted by Gasteiger charge is 2.39. The number of nitrogens with one attached hydrogen (secondary N) is 5. The van der Waals surface area contributed by atoms with Gasteiger partial charge in [-0.1, -0.05) is 12.1 Å². The topological polar surface area (TPSA) is 442 Å². The average molecular weight is 836 g/mol. The van der Waals surface area contributed by atoms with Crippen LogP contribution < -0.4 is 55.3 Å². The highest BCUT2D eigenvalue weighted by atomic mass is 16.4. The van der Waals surface area contributed by atoms with E-state index in [-0.39, 0.29) is 25.1 Å². The first kappa shape index (κ1) is 48.3. The van der Waals surface area contributed by atoms with Gasteiger partial charge in [0.15, 0.2) is 0 Å². The first-order valence-corrected chi connectivity index (χ1v) is 18.0. The molecule has 0 radical (unpaired) electrons. The summed E-state index contributed by atoms with van der Waals surface area (Å²) in [5.74, 6) is -12.4. The number of phenolic OH excluding ortho intramolecular Hbond substituents is 1. The molecular formula is C34H49N11O14. The van der Waals surface area contributed by atoms with Crippen LogP contribution >= 0.6 is 0 Å². The molecule has 0 unspecified atom stereocenters. The fraction of sp³-hybridized carbons (Fsp3) is 0.500. The number of carboxylic acid groups (broad SMARTS) is 1. The zero-order valence-corrected chi connectivity index (χ0v) is 31.6. The molecule has 0 spiro atoms. The van der Waals surface area contributed by atoms with Gasteiger partial charge in [0.1, 0.15) is 42.0 Å². The predicted molar refractivity (Wildman–Crippen MR) is 199 cm³/mol. The van der Waals surface area contributed by atoms with Crippen LogP contribution in [0, 0.1) is 0 Å². The minimum atomic E-state index is -1.95. The third-order valence-corrected chi connectivity index (χ3v) is 8.77. The van der Waals surface area contributed by atoms with Gasteiger partial charge in [-0.25, -0.2) is 4.79 Å². The number of nitrogens with zero attached hydrogens (tertiary/aromatic N) is 1. The molecule has 1 aliphatic rings. The zero-order chi connectivity index (χ0) is 44.6. The largest absolute Gasteiger partial charge is 0.508 e. The lowest BCUT2D eigenvalue weighted by molar-refractivity contribution is -0.149. The summed E-state index contributed by atoms with van der Waals surface area (Å²) in [6.45, 7) is -1.17.